The number of rotatable bonds is 3. The lowest BCUT2D eigenvalue weighted by Gasteiger charge is -2.28. The Morgan fingerprint density at radius 1 is 1.00 bits per heavy atom. The second kappa shape index (κ2) is 11.9. The van der Waals surface area contributed by atoms with E-state index in [4.69, 9.17) is 4.74 Å². The van der Waals surface area contributed by atoms with E-state index in [0.29, 0.717) is 6.61 Å². The fraction of sp³-hybridized carbons (Fsp3) is 0.933. The first-order chi connectivity index (χ1) is 10.3. The summed E-state index contributed by atoms with van der Waals surface area (Å²) >= 11 is 0. The fourth-order valence-electron chi connectivity index (χ4n) is 2.43. The Hall–Kier alpha value is -0.690. The van der Waals surface area contributed by atoms with Gasteiger partial charge < -0.3 is 20.7 Å². The first-order valence-electron chi connectivity index (χ1n) is 8.28. The summed E-state index contributed by atoms with van der Waals surface area (Å²) < 4.78 is 5.14. The standard InChI is InChI=1S/C15H32N4O2/c1-3-21-15(20)14(2)19-12-5-8-17-10-9-16-6-4-7-18-11-13-19/h14,16-18H,3-13H2,1-2H3. The number of carbonyl (C=O) groups excluding carboxylic acids is 1. The van der Waals surface area contributed by atoms with E-state index in [1.165, 1.54) is 0 Å². The molecule has 124 valence electrons. The van der Waals surface area contributed by atoms with Crippen molar-refractivity contribution < 1.29 is 9.53 Å². The average molecular weight is 300 g/mol. The number of ether oxygens (including phenoxy) is 1. The largest absolute Gasteiger partial charge is 0.465 e. The van der Waals surface area contributed by atoms with E-state index in [9.17, 15) is 4.79 Å². The quantitative estimate of drug-likeness (QED) is 0.628. The molecule has 1 rings (SSSR count). The monoisotopic (exact) mass is 300 g/mol. The molecule has 0 spiro atoms. The van der Waals surface area contributed by atoms with Gasteiger partial charge in [0.1, 0.15) is 6.04 Å². The summed E-state index contributed by atoms with van der Waals surface area (Å²) in [6.45, 7) is 12.0. The van der Waals surface area contributed by atoms with E-state index >= 15 is 0 Å². The number of esters is 1. The number of hydrogen-bond donors (Lipinski definition) is 3. The molecule has 1 atom stereocenters. The van der Waals surface area contributed by atoms with Crippen molar-refractivity contribution in [2.45, 2.75) is 32.7 Å². The minimum atomic E-state index is -0.165. The highest BCUT2D eigenvalue weighted by Gasteiger charge is 2.21. The molecule has 6 heteroatoms. The maximum atomic E-state index is 11.9. The van der Waals surface area contributed by atoms with Crippen LogP contribution in [0.1, 0.15) is 26.7 Å². The molecule has 3 N–H and O–H groups in total. The number of hydrogen-bond acceptors (Lipinski definition) is 6. The summed E-state index contributed by atoms with van der Waals surface area (Å²) in [4.78, 5) is 14.1. The second-order valence-electron chi connectivity index (χ2n) is 5.42. The van der Waals surface area contributed by atoms with Crippen LogP contribution in [0.5, 0.6) is 0 Å². The lowest BCUT2D eigenvalue weighted by molar-refractivity contribution is -0.148. The molecule has 1 unspecified atom stereocenters. The highest BCUT2D eigenvalue weighted by Crippen LogP contribution is 2.03. The third-order valence-corrected chi connectivity index (χ3v) is 3.74. The molecule has 0 saturated carbocycles. The Morgan fingerprint density at radius 3 is 2.29 bits per heavy atom. The molecule has 1 aliphatic rings. The molecule has 0 aliphatic carbocycles. The normalized spacial score (nSPS) is 22.2. The molecule has 0 radical (unpaired) electrons. The van der Waals surface area contributed by atoms with Crippen molar-refractivity contribution in [1.82, 2.24) is 20.9 Å². The molecular weight excluding hydrogens is 268 g/mol. The summed E-state index contributed by atoms with van der Waals surface area (Å²) in [5, 5.41) is 10.3. The van der Waals surface area contributed by atoms with Gasteiger partial charge in [0.05, 0.1) is 6.61 Å². The zero-order chi connectivity index (χ0) is 15.3. The van der Waals surface area contributed by atoms with Crippen molar-refractivity contribution in [3.63, 3.8) is 0 Å². The molecule has 0 amide bonds. The van der Waals surface area contributed by atoms with Crippen LogP contribution < -0.4 is 16.0 Å². The predicted octanol–water partition coefficient (Wildman–Crippen LogP) is -0.197. The van der Waals surface area contributed by atoms with Gasteiger partial charge >= 0.3 is 5.97 Å². The smallest absolute Gasteiger partial charge is 0.323 e. The van der Waals surface area contributed by atoms with Gasteiger partial charge in [-0.3, -0.25) is 9.69 Å². The third kappa shape index (κ3) is 8.36. The fourth-order valence-corrected chi connectivity index (χ4v) is 2.43. The van der Waals surface area contributed by atoms with E-state index in [1.807, 2.05) is 13.8 Å². The van der Waals surface area contributed by atoms with Crippen LogP contribution in [0.4, 0.5) is 0 Å². The van der Waals surface area contributed by atoms with Crippen LogP contribution in [0.2, 0.25) is 0 Å². The number of nitrogens with one attached hydrogen (secondary N) is 3. The van der Waals surface area contributed by atoms with Gasteiger partial charge in [0.25, 0.3) is 0 Å². The van der Waals surface area contributed by atoms with Gasteiger partial charge in [0.2, 0.25) is 0 Å². The molecule has 0 bridgehead atoms. The van der Waals surface area contributed by atoms with Crippen LogP contribution in [0.15, 0.2) is 0 Å². The van der Waals surface area contributed by atoms with Gasteiger partial charge in [-0.15, -0.1) is 0 Å². The van der Waals surface area contributed by atoms with E-state index < -0.39 is 0 Å². The molecule has 6 nitrogen and oxygen atoms in total. The van der Waals surface area contributed by atoms with Crippen molar-refractivity contribution in [3.8, 4) is 0 Å². The van der Waals surface area contributed by atoms with Crippen LogP contribution in [-0.4, -0.2) is 75.9 Å². The molecule has 0 aromatic carbocycles. The lowest BCUT2D eigenvalue weighted by Crippen LogP contribution is -2.45. The van der Waals surface area contributed by atoms with E-state index in [2.05, 4.69) is 20.9 Å². The van der Waals surface area contributed by atoms with Crippen LogP contribution in [0.3, 0.4) is 0 Å². The van der Waals surface area contributed by atoms with Crippen LogP contribution in [-0.2, 0) is 9.53 Å². The zero-order valence-electron chi connectivity index (χ0n) is 13.6. The highest BCUT2D eigenvalue weighted by atomic mass is 16.5. The maximum absolute atomic E-state index is 11.9. The first-order valence-corrected chi connectivity index (χ1v) is 8.28. The summed E-state index contributed by atoms with van der Waals surface area (Å²) in [5.41, 5.74) is 0. The Balaban J connectivity index is 2.42. The predicted molar refractivity (Wildman–Crippen MR) is 85.5 cm³/mol. The molecule has 1 saturated heterocycles. The summed E-state index contributed by atoms with van der Waals surface area (Å²) in [6, 6.07) is -0.165. The van der Waals surface area contributed by atoms with Crippen molar-refractivity contribution >= 4 is 5.97 Å². The molecule has 1 fully saturated rings. The lowest BCUT2D eigenvalue weighted by atomic mass is 10.2. The van der Waals surface area contributed by atoms with Gasteiger partial charge in [-0.05, 0) is 46.3 Å². The van der Waals surface area contributed by atoms with E-state index in [0.717, 1.165) is 65.2 Å². The van der Waals surface area contributed by atoms with Gasteiger partial charge in [-0.1, -0.05) is 0 Å². The molecule has 0 aromatic heterocycles. The maximum Gasteiger partial charge on any atom is 0.323 e. The zero-order valence-corrected chi connectivity index (χ0v) is 13.6. The Morgan fingerprint density at radius 2 is 1.62 bits per heavy atom. The van der Waals surface area contributed by atoms with E-state index in [-0.39, 0.29) is 12.0 Å². The molecule has 0 aromatic rings. The number of nitrogens with zero attached hydrogens (tertiary/aromatic N) is 1. The molecule has 1 aliphatic heterocycles. The van der Waals surface area contributed by atoms with Gasteiger partial charge in [0, 0.05) is 32.7 Å². The van der Waals surface area contributed by atoms with Gasteiger partial charge in [-0.25, -0.2) is 0 Å². The molecule has 21 heavy (non-hydrogen) atoms. The summed E-state index contributed by atoms with van der Waals surface area (Å²) in [6.07, 6.45) is 2.18. The summed E-state index contributed by atoms with van der Waals surface area (Å²) in [5.74, 6) is -0.115. The minimum Gasteiger partial charge on any atom is -0.465 e. The average Bonchev–Trinajstić information content (AvgIpc) is 2.49. The topological polar surface area (TPSA) is 65.6 Å². The third-order valence-electron chi connectivity index (χ3n) is 3.74. The van der Waals surface area contributed by atoms with Gasteiger partial charge in [-0.2, -0.15) is 0 Å². The van der Waals surface area contributed by atoms with Crippen LogP contribution in [0.25, 0.3) is 0 Å². The van der Waals surface area contributed by atoms with Crippen molar-refractivity contribution in [1.29, 1.82) is 0 Å². The van der Waals surface area contributed by atoms with E-state index in [1.54, 1.807) is 0 Å². The number of carbonyl (C=O) groups is 1. The van der Waals surface area contributed by atoms with Crippen LogP contribution in [0, 0.1) is 0 Å². The van der Waals surface area contributed by atoms with Gasteiger partial charge in [0.15, 0.2) is 0 Å². The Bertz CT molecular complexity index is 262. The first kappa shape index (κ1) is 18.4. The van der Waals surface area contributed by atoms with Crippen LogP contribution >= 0.6 is 0 Å². The van der Waals surface area contributed by atoms with Crippen molar-refractivity contribution in [2.24, 2.45) is 0 Å². The van der Waals surface area contributed by atoms with Crippen molar-refractivity contribution in [2.75, 3.05) is 59.0 Å². The SMILES string of the molecule is CCOC(=O)C(C)N1CCCNCCNCCCNCC1. The second-order valence-corrected chi connectivity index (χ2v) is 5.42. The minimum absolute atomic E-state index is 0.115. The Kier molecular flexibility index (Phi) is 10.4. The Labute approximate surface area is 129 Å². The molecule has 1 heterocycles. The summed E-state index contributed by atoms with van der Waals surface area (Å²) in [7, 11) is 0. The molecular formula is C15H32N4O2. The highest BCUT2D eigenvalue weighted by molar-refractivity contribution is 5.75. The van der Waals surface area contributed by atoms with Crippen molar-refractivity contribution in [3.05, 3.63) is 0 Å².